The van der Waals surface area contributed by atoms with Crippen LogP contribution in [0.1, 0.15) is 37.7 Å². The van der Waals surface area contributed by atoms with E-state index in [0.29, 0.717) is 32.4 Å². The molecule has 2 aliphatic rings. The van der Waals surface area contributed by atoms with E-state index in [1.807, 2.05) is 29.2 Å². The maximum Gasteiger partial charge on any atom is 0.303 e. The molecule has 2 heterocycles. The fourth-order valence-electron chi connectivity index (χ4n) is 3.74. The number of aliphatic carboxylic acids is 1. The fraction of sp³-hybridized carbons (Fsp3) is 0.526. The molecule has 25 heavy (non-hydrogen) atoms. The van der Waals surface area contributed by atoms with E-state index in [2.05, 4.69) is 5.32 Å². The van der Waals surface area contributed by atoms with Gasteiger partial charge in [0.25, 0.3) is 0 Å². The first-order valence-electron chi connectivity index (χ1n) is 8.91. The van der Waals surface area contributed by atoms with E-state index in [9.17, 15) is 14.4 Å². The fourth-order valence-corrected chi connectivity index (χ4v) is 3.74. The summed E-state index contributed by atoms with van der Waals surface area (Å²) in [6, 6.07) is 7.77. The molecule has 6 nitrogen and oxygen atoms in total. The number of fused-ring (bicyclic) bond motifs is 1. The Morgan fingerprint density at radius 1 is 1.20 bits per heavy atom. The smallest absolute Gasteiger partial charge is 0.303 e. The minimum absolute atomic E-state index is 0.00772. The number of carbonyl (C=O) groups excluding carboxylic acids is 2. The zero-order chi connectivity index (χ0) is 17.8. The molecule has 1 unspecified atom stereocenters. The highest BCUT2D eigenvalue weighted by Gasteiger charge is 2.28. The highest BCUT2D eigenvalue weighted by atomic mass is 16.4. The zero-order valence-electron chi connectivity index (χ0n) is 14.2. The van der Waals surface area contributed by atoms with Gasteiger partial charge in [-0.1, -0.05) is 18.2 Å². The summed E-state index contributed by atoms with van der Waals surface area (Å²) >= 11 is 0. The average Bonchev–Trinajstić information content (AvgIpc) is 2.59. The number of hydrogen-bond acceptors (Lipinski definition) is 3. The van der Waals surface area contributed by atoms with Gasteiger partial charge in [-0.15, -0.1) is 0 Å². The first kappa shape index (κ1) is 17.5. The summed E-state index contributed by atoms with van der Waals surface area (Å²) in [5.41, 5.74) is 1.99. The van der Waals surface area contributed by atoms with Crippen LogP contribution < -0.4 is 5.32 Å². The summed E-state index contributed by atoms with van der Waals surface area (Å²) in [4.78, 5) is 37.2. The van der Waals surface area contributed by atoms with E-state index < -0.39 is 5.97 Å². The average molecular weight is 344 g/mol. The van der Waals surface area contributed by atoms with Crippen LogP contribution >= 0.6 is 0 Å². The zero-order valence-corrected chi connectivity index (χ0v) is 14.2. The number of rotatable bonds is 5. The highest BCUT2D eigenvalue weighted by Crippen LogP contribution is 2.28. The molecule has 1 aromatic carbocycles. The van der Waals surface area contributed by atoms with Crippen molar-refractivity contribution in [3.8, 4) is 0 Å². The molecule has 1 atom stereocenters. The van der Waals surface area contributed by atoms with Crippen LogP contribution in [-0.4, -0.2) is 40.9 Å². The van der Waals surface area contributed by atoms with Gasteiger partial charge in [0.15, 0.2) is 0 Å². The Kier molecular flexibility index (Phi) is 5.36. The number of para-hydroxylation sites is 1. The second-order valence-corrected chi connectivity index (χ2v) is 7.01. The maximum absolute atomic E-state index is 12.4. The van der Waals surface area contributed by atoms with E-state index >= 15 is 0 Å². The summed E-state index contributed by atoms with van der Waals surface area (Å²) in [5, 5.41) is 11.8. The summed E-state index contributed by atoms with van der Waals surface area (Å²) in [6.07, 6.45) is 3.27. The molecule has 0 saturated carbocycles. The number of hydrogen-bond donors (Lipinski definition) is 2. The molecule has 1 aromatic rings. The van der Waals surface area contributed by atoms with Crippen LogP contribution in [0, 0.1) is 11.8 Å². The molecule has 134 valence electrons. The molecular weight excluding hydrogens is 320 g/mol. The molecule has 3 rings (SSSR count). The van der Waals surface area contributed by atoms with Gasteiger partial charge >= 0.3 is 5.97 Å². The molecule has 1 saturated heterocycles. The first-order valence-corrected chi connectivity index (χ1v) is 8.91. The van der Waals surface area contributed by atoms with Crippen LogP contribution in [0.15, 0.2) is 24.3 Å². The van der Waals surface area contributed by atoms with Crippen LogP contribution in [0.5, 0.6) is 0 Å². The molecule has 0 aliphatic carbocycles. The van der Waals surface area contributed by atoms with Gasteiger partial charge in [-0.25, -0.2) is 0 Å². The Labute approximate surface area is 147 Å². The maximum atomic E-state index is 12.4. The van der Waals surface area contributed by atoms with Crippen LogP contribution in [0.25, 0.3) is 0 Å². The number of benzene rings is 1. The van der Waals surface area contributed by atoms with Crippen molar-refractivity contribution < 1.29 is 19.5 Å². The minimum Gasteiger partial charge on any atom is -0.481 e. The van der Waals surface area contributed by atoms with Crippen molar-refractivity contribution in [1.29, 1.82) is 0 Å². The number of nitrogens with one attached hydrogen (secondary N) is 1. The van der Waals surface area contributed by atoms with Crippen molar-refractivity contribution in [2.45, 2.75) is 38.5 Å². The van der Waals surface area contributed by atoms with Crippen LogP contribution in [0.4, 0.5) is 5.69 Å². The lowest BCUT2D eigenvalue weighted by atomic mass is 9.89. The number of carboxylic acids is 1. The van der Waals surface area contributed by atoms with Gasteiger partial charge in [-0.2, -0.15) is 0 Å². The van der Waals surface area contributed by atoms with Crippen molar-refractivity contribution in [1.82, 2.24) is 4.90 Å². The largest absolute Gasteiger partial charge is 0.481 e. The van der Waals surface area contributed by atoms with Crippen molar-refractivity contribution in [3.05, 3.63) is 29.8 Å². The summed E-state index contributed by atoms with van der Waals surface area (Å²) < 4.78 is 0. The molecule has 0 bridgehead atoms. The van der Waals surface area contributed by atoms with Gasteiger partial charge < -0.3 is 15.3 Å². The molecule has 0 spiro atoms. The molecule has 1 fully saturated rings. The molecular formula is C19H24N2O4. The molecule has 6 heteroatoms. The van der Waals surface area contributed by atoms with Crippen LogP contribution in [0.3, 0.4) is 0 Å². The standard InChI is InChI=1S/C19H24N2O4/c22-17(21-9-7-13(8-10-21)11-18(23)24)6-5-15-12-14-3-1-2-4-16(14)20-19(15)25/h1-4,13,15H,5-12H2,(H,20,25)(H,23,24). The van der Waals surface area contributed by atoms with E-state index in [0.717, 1.165) is 24.1 Å². The Hall–Kier alpha value is -2.37. The molecule has 2 aliphatic heterocycles. The third-order valence-electron chi connectivity index (χ3n) is 5.25. The molecule has 2 amide bonds. The van der Waals surface area contributed by atoms with E-state index in [4.69, 9.17) is 5.11 Å². The lowest BCUT2D eigenvalue weighted by molar-refractivity contribution is -0.138. The van der Waals surface area contributed by atoms with Crippen LogP contribution in [-0.2, 0) is 20.8 Å². The Morgan fingerprint density at radius 3 is 2.64 bits per heavy atom. The van der Waals surface area contributed by atoms with E-state index in [1.54, 1.807) is 0 Å². The van der Waals surface area contributed by atoms with Crippen molar-refractivity contribution in [3.63, 3.8) is 0 Å². The third kappa shape index (κ3) is 4.38. The van der Waals surface area contributed by atoms with Gasteiger partial charge in [-0.3, -0.25) is 14.4 Å². The predicted molar refractivity (Wildman–Crippen MR) is 93.1 cm³/mol. The number of anilines is 1. The topological polar surface area (TPSA) is 86.7 Å². The monoisotopic (exact) mass is 344 g/mol. The quantitative estimate of drug-likeness (QED) is 0.858. The number of nitrogens with zero attached hydrogens (tertiary/aromatic N) is 1. The SMILES string of the molecule is O=C(O)CC1CCN(C(=O)CCC2Cc3ccccc3NC2=O)CC1. The predicted octanol–water partition coefficient (Wildman–Crippen LogP) is 2.29. The summed E-state index contributed by atoms with van der Waals surface area (Å²) in [7, 11) is 0. The first-order chi connectivity index (χ1) is 12.0. The number of carbonyl (C=O) groups is 3. The number of likely N-dealkylation sites (tertiary alicyclic amines) is 1. The van der Waals surface area contributed by atoms with Gasteiger partial charge in [0.05, 0.1) is 0 Å². The van der Waals surface area contributed by atoms with Gasteiger partial charge in [0.2, 0.25) is 11.8 Å². The van der Waals surface area contributed by atoms with Gasteiger partial charge in [0.1, 0.15) is 0 Å². The number of amides is 2. The van der Waals surface area contributed by atoms with Crippen molar-refractivity contribution >= 4 is 23.5 Å². The highest BCUT2D eigenvalue weighted by molar-refractivity contribution is 5.96. The van der Waals surface area contributed by atoms with Crippen molar-refractivity contribution in [2.75, 3.05) is 18.4 Å². The van der Waals surface area contributed by atoms with Gasteiger partial charge in [-0.05, 0) is 43.2 Å². The van der Waals surface area contributed by atoms with E-state index in [-0.39, 0.29) is 30.1 Å². The Balaban J connectivity index is 1.47. The second-order valence-electron chi connectivity index (χ2n) is 7.01. The molecule has 0 radical (unpaired) electrons. The van der Waals surface area contributed by atoms with Gasteiger partial charge in [0, 0.05) is 37.5 Å². The van der Waals surface area contributed by atoms with E-state index in [1.165, 1.54) is 0 Å². The Morgan fingerprint density at radius 2 is 1.92 bits per heavy atom. The summed E-state index contributed by atoms with van der Waals surface area (Å²) in [5.74, 6) is -0.703. The normalized spacial score (nSPS) is 20.7. The van der Waals surface area contributed by atoms with Crippen molar-refractivity contribution in [2.24, 2.45) is 11.8 Å². The lowest BCUT2D eigenvalue weighted by Gasteiger charge is -2.32. The van der Waals surface area contributed by atoms with Crippen LogP contribution in [0.2, 0.25) is 0 Å². The number of piperidine rings is 1. The minimum atomic E-state index is -0.770. The lowest BCUT2D eigenvalue weighted by Crippen LogP contribution is -2.39. The third-order valence-corrected chi connectivity index (χ3v) is 5.25. The Bertz CT molecular complexity index is 665. The second kappa shape index (κ2) is 7.68. The molecule has 0 aromatic heterocycles. The number of carboxylic acid groups (broad SMARTS) is 1. The summed E-state index contributed by atoms with van der Waals surface area (Å²) in [6.45, 7) is 1.24. The molecule has 2 N–H and O–H groups in total.